The van der Waals surface area contributed by atoms with Crippen LogP contribution < -0.4 is 19.5 Å². The van der Waals surface area contributed by atoms with E-state index in [9.17, 15) is 4.79 Å². The molecule has 3 heterocycles. The molecule has 1 amide bonds. The van der Waals surface area contributed by atoms with Gasteiger partial charge in [0, 0.05) is 35.4 Å². The van der Waals surface area contributed by atoms with Crippen molar-refractivity contribution in [1.29, 1.82) is 0 Å². The Morgan fingerprint density at radius 3 is 2.64 bits per heavy atom. The van der Waals surface area contributed by atoms with Gasteiger partial charge >= 0.3 is 0 Å². The molecule has 1 aliphatic rings. The van der Waals surface area contributed by atoms with Crippen molar-refractivity contribution in [3.8, 4) is 34.3 Å². The fraction of sp³-hybridized carbons (Fsp3) is 0.130. The van der Waals surface area contributed by atoms with Crippen LogP contribution in [0, 0.1) is 0 Å². The lowest BCUT2D eigenvalue weighted by Gasteiger charge is -2.11. The van der Waals surface area contributed by atoms with E-state index in [2.05, 4.69) is 20.5 Å². The van der Waals surface area contributed by atoms with Gasteiger partial charge in [0.15, 0.2) is 22.5 Å². The van der Waals surface area contributed by atoms with Crippen LogP contribution in [0.4, 0.5) is 5.69 Å². The number of methoxy groups -OCH3 is 1. The number of hydrogen-bond donors (Lipinski definition) is 1. The van der Waals surface area contributed by atoms with E-state index in [-0.39, 0.29) is 18.5 Å². The van der Waals surface area contributed by atoms with E-state index >= 15 is 0 Å². The van der Waals surface area contributed by atoms with Crippen LogP contribution in [0.25, 0.3) is 17.1 Å². The summed E-state index contributed by atoms with van der Waals surface area (Å²) < 4.78 is 17.8. The number of amides is 1. The molecule has 0 atom stereocenters. The normalized spacial score (nSPS) is 11.9. The van der Waals surface area contributed by atoms with Crippen molar-refractivity contribution in [3.05, 3.63) is 67.0 Å². The number of carbonyl (C=O) groups excluding carboxylic acids is 1. The Bertz CT molecular complexity index is 1280. The number of carbonyl (C=O) groups is 1. The number of nitrogens with zero attached hydrogens (tertiary/aromatic N) is 4. The van der Waals surface area contributed by atoms with Crippen LogP contribution >= 0.6 is 11.8 Å². The summed E-state index contributed by atoms with van der Waals surface area (Å²) in [4.78, 5) is 16.7. The summed E-state index contributed by atoms with van der Waals surface area (Å²) in [5.41, 5.74) is 2.36. The number of hydrogen-bond acceptors (Lipinski definition) is 8. The maximum Gasteiger partial charge on any atom is 0.234 e. The molecule has 166 valence electrons. The van der Waals surface area contributed by atoms with Crippen molar-refractivity contribution in [2.75, 3.05) is 25.0 Å². The average molecular weight is 462 g/mol. The molecule has 0 fully saturated rings. The Morgan fingerprint density at radius 2 is 1.85 bits per heavy atom. The third-order valence-electron chi connectivity index (χ3n) is 4.89. The summed E-state index contributed by atoms with van der Waals surface area (Å²) >= 11 is 1.29. The van der Waals surface area contributed by atoms with Crippen LogP contribution in [0.2, 0.25) is 0 Å². The molecule has 0 aliphatic carbocycles. The first kappa shape index (κ1) is 20.8. The molecular formula is C23H19N5O4S. The zero-order chi connectivity index (χ0) is 22.6. The molecule has 0 spiro atoms. The minimum atomic E-state index is -0.173. The average Bonchev–Trinajstić information content (AvgIpc) is 3.50. The first-order valence-electron chi connectivity index (χ1n) is 10.0. The Balaban J connectivity index is 1.37. The molecule has 0 bridgehead atoms. The molecule has 10 heteroatoms. The van der Waals surface area contributed by atoms with E-state index < -0.39 is 0 Å². The van der Waals surface area contributed by atoms with Crippen molar-refractivity contribution < 1.29 is 19.0 Å². The summed E-state index contributed by atoms with van der Waals surface area (Å²) in [6, 6.07) is 16.6. The van der Waals surface area contributed by atoms with Gasteiger partial charge in [0.2, 0.25) is 12.7 Å². The van der Waals surface area contributed by atoms with Crippen LogP contribution in [0.3, 0.4) is 0 Å². The summed E-state index contributed by atoms with van der Waals surface area (Å²) in [7, 11) is 1.62. The van der Waals surface area contributed by atoms with Crippen LogP contribution in [-0.2, 0) is 4.79 Å². The Labute approximate surface area is 193 Å². The number of nitrogens with one attached hydrogen (secondary N) is 1. The maximum absolute atomic E-state index is 12.6. The van der Waals surface area contributed by atoms with Crippen molar-refractivity contribution in [2.24, 2.45) is 0 Å². The van der Waals surface area contributed by atoms with Crippen molar-refractivity contribution in [2.45, 2.75) is 5.16 Å². The molecule has 4 aromatic rings. The summed E-state index contributed by atoms with van der Waals surface area (Å²) in [6.45, 7) is 0.184. The minimum Gasteiger partial charge on any atom is -0.497 e. The molecule has 2 aromatic carbocycles. The second-order valence-electron chi connectivity index (χ2n) is 6.98. The van der Waals surface area contributed by atoms with Gasteiger partial charge in [-0.05, 0) is 48.5 Å². The molecule has 0 saturated heterocycles. The van der Waals surface area contributed by atoms with Crippen LogP contribution in [0.5, 0.6) is 17.2 Å². The van der Waals surface area contributed by atoms with Gasteiger partial charge in [-0.15, -0.1) is 10.2 Å². The Hall–Kier alpha value is -4.05. The third kappa shape index (κ3) is 4.46. The standard InChI is InChI=1S/C23H19N5O4S/c1-30-18-5-3-17(4-6-18)28-22(15-8-10-24-11-9-15)26-27-23(28)33-13-21(29)25-16-2-7-19-20(12-16)32-14-31-19/h2-12H,13-14H2,1H3,(H,25,29). The van der Waals surface area contributed by atoms with E-state index in [4.69, 9.17) is 14.2 Å². The topological polar surface area (TPSA) is 100 Å². The monoisotopic (exact) mass is 461 g/mol. The van der Waals surface area contributed by atoms with Crippen molar-refractivity contribution >= 4 is 23.4 Å². The smallest absolute Gasteiger partial charge is 0.234 e. The van der Waals surface area contributed by atoms with E-state index in [0.29, 0.717) is 28.2 Å². The highest BCUT2D eigenvalue weighted by Crippen LogP contribution is 2.34. The number of thioether (sulfide) groups is 1. The van der Waals surface area contributed by atoms with E-state index in [0.717, 1.165) is 17.0 Å². The fourth-order valence-electron chi connectivity index (χ4n) is 3.32. The molecule has 9 nitrogen and oxygen atoms in total. The first-order chi connectivity index (χ1) is 16.2. The number of anilines is 1. The largest absolute Gasteiger partial charge is 0.497 e. The second-order valence-corrected chi connectivity index (χ2v) is 7.92. The number of fused-ring (bicyclic) bond motifs is 1. The molecule has 1 N–H and O–H groups in total. The van der Waals surface area contributed by atoms with Gasteiger partial charge in [0.25, 0.3) is 0 Å². The molecule has 0 saturated carbocycles. The van der Waals surface area contributed by atoms with Crippen LogP contribution in [0.1, 0.15) is 0 Å². The molecule has 33 heavy (non-hydrogen) atoms. The van der Waals surface area contributed by atoms with Gasteiger partial charge in [-0.2, -0.15) is 0 Å². The van der Waals surface area contributed by atoms with Crippen LogP contribution in [0.15, 0.2) is 72.1 Å². The van der Waals surface area contributed by atoms with Crippen LogP contribution in [-0.4, -0.2) is 45.3 Å². The molecule has 1 aliphatic heterocycles. The quantitative estimate of drug-likeness (QED) is 0.415. The van der Waals surface area contributed by atoms with Gasteiger partial charge in [-0.25, -0.2) is 0 Å². The summed E-state index contributed by atoms with van der Waals surface area (Å²) in [5, 5.41) is 12.2. The van der Waals surface area contributed by atoms with Crippen molar-refractivity contribution in [1.82, 2.24) is 19.7 Å². The first-order valence-corrected chi connectivity index (χ1v) is 11.0. The molecule has 0 unspecified atom stereocenters. The zero-order valence-electron chi connectivity index (χ0n) is 17.6. The summed E-state index contributed by atoms with van der Waals surface area (Å²) in [6.07, 6.45) is 3.40. The predicted octanol–water partition coefficient (Wildman–Crippen LogP) is 3.80. The highest BCUT2D eigenvalue weighted by Gasteiger charge is 2.18. The van der Waals surface area contributed by atoms with Gasteiger partial charge < -0.3 is 19.5 Å². The molecule has 2 aromatic heterocycles. The van der Waals surface area contributed by atoms with Gasteiger partial charge in [0.05, 0.1) is 12.9 Å². The zero-order valence-corrected chi connectivity index (χ0v) is 18.4. The number of rotatable bonds is 7. The van der Waals surface area contributed by atoms with Gasteiger partial charge in [-0.3, -0.25) is 14.3 Å². The summed E-state index contributed by atoms with van der Waals surface area (Å²) in [5.74, 6) is 2.66. The van der Waals surface area contributed by atoms with Gasteiger partial charge in [0.1, 0.15) is 5.75 Å². The number of pyridine rings is 1. The molecule has 0 radical (unpaired) electrons. The molecule has 5 rings (SSSR count). The lowest BCUT2D eigenvalue weighted by Crippen LogP contribution is -2.14. The van der Waals surface area contributed by atoms with E-state index in [1.807, 2.05) is 41.0 Å². The fourth-order valence-corrected chi connectivity index (χ4v) is 4.07. The van der Waals surface area contributed by atoms with Crippen molar-refractivity contribution in [3.63, 3.8) is 0 Å². The molecular weight excluding hydrogens is 442 g/mol. The van der Waals surface area contributed by atoms with Gasteiger partial charge in [-0.1, -0.05) is 11.8 Å². The van der Waals surface area contributed by atoms with E-state index in [1.54, 1.807) is 37.7 Å². The minimum absolute atomic E-state index is 0.152. The Kier molecular flexibility index (Phi) is 5.81. The lowest BCUT2D eigenvalue weighted by molar-refractivity contribution is -0.113. The van der Waals surface area contributed by atoms with E-state index in [1.165, 1.54) is 11.8 Å². The number of ether oxygens (including phenoxy) is 3. The Morgan fingerprint density at radius 1 is 1.06 bits per heavy atom. The number of aromatic nitrogens is 4. The number of benzene rings is 2. The highest BCUT2D eigenvalue weighted by molar-refractivity contribution is 7.99. The third-order valence-corrected chi connectivity index (χ3v) is 5.82. The SMILES string of the molecule is COc1ccc(-n2c(SCC(=O)Nc3ccc4c(c3)OCO4)nnc2-c2ccncc2)cc1. The highest BCUT2D eigenvalue weighted by atomic mass is 32.2. The lowest BCUT2D eigenvalue weighted by atomic mass is 10.2. The second kappa shape index (κ2) is 9.21. The maximum atomic E-state index is 12.6. The predicted molar refractivity (Wildman–Crippen MR) is 123 cm³/mol.